The summed E-state index contributed by atoms with van der Waals surface area (Å²) in [5.41, 5.74) is 0. The van der Waals surface area contributed by atoms with Crippen molar-refractivity contribution in [3.8, 4) is 0 Å². The molecular weight excluding hydrogens is 577 g/mol. The Labute approximate surface area is 125 Å². The fourth-order valence-electron chi connectivity index (χ4n) is 2.88. The van der Waals surface area contributed by atoms with Gasteiger partial charge in [0.1, 0.15) is 0 Å². The number of rotatable bonds is 4. The van der Waals surface area contributed by atoms with Gasteiger partial charge in [-0.25, -0.2) is 0 Å². The van der Waals surface area contributed by atoms with Gasteiger partial charge in [-0.05, 0) is 0 Å². The summed E-state index contributed by atoms with van der Waals surface area (Å²) >= 11 is 0.370. The molecule has 0 aliphatic heterocycles. The number of halogens is 1. The zero-order valence-electron chi connectivity index (χ0n) is 11.3. The van der Waals surface area contributed by atoms with Crippen molar-refractivity contribution in [3.05, 3.63) is 0 Å². The first-order chi connectivity index (χ1) is 5.93. The van der Waals surface area contributed by atoms with Gasteiger partial charge < -0.3 is 0 Å². The Morgan fingerprint density at radius 2 is 1.07 bits per heavy atom. The molecule has 0 aromatic rings. The van der Waals surface area contributed by atoms with Crippen molar-refractivity contribution >= 4 is 67.6 Å². The molecule has 0 spiro atoms. The average molecular weight is 603 g/mol. The summed E-state index contributed by atoms with van der Waals surface area (Å²) in [5, 5.41) is 0. The molecule has 0 aromatic carbocycles. The standard InChI is InChI=1S/CH2Cl.8CH3.Cu.N.3Sn/c1-2;;;;;;;;;;;;;/h1H2;8*1H3;;;;;. The summed E-state index contributed by atoms with van der Waals surface area (Å²) in [6.07, 6.45) is 0. The molecule has 0 rings (SSSR count). The van der Waals surface area contributed by atoms with Crippen LogP contribution in [0.15, 0.2) is 0 Å². The predicted molar refractivity (Wildman–Crippen MR) is 76.7 cm³/mol. The van der Waals surface area contributed by atoms with Crippen molar-refractivity contribution in [2.24, 2.45) is 0 Å². The van der Waals surface area contributed by atoms with E-state index in [2.05, 4.69) is 39.1 Å². The molecule has 0 fully saturated rings. The number of alkyl halides is 1. The molecule has 0 aliphatic carbocycles. The van der Waals surface area contributed by atoms with Gasteiger partial charge >= 0.3 is 111 Å². The summed E-state index contributed by atoms with van der Waals surface area (Å²) in [5.74, 6) is 0. The minimum atomic E-state index is -2.06. The van der Waals surface area contributed by atoms with Gasteiger partial charge in [-0.3, -0.25) is 0 Å². The van der Waals surface area contributed by atoms with E-state index >= 15 is 0 Å². The van der Waals surface area contributed by atoms with Crippen LogP contribution in [-0.4, -0.2) is 59.4 Å². The van der Waals surface area contributed by atoms with Crippen molar-refractivity contribution in [2.45, 2.75) is 39.5 Å². The number of hydrogen-bond acceptors (Lipinski definition) is 1. The Morgan fingerprint density at radius 1 is 0.800 bits per heavy atom. The van der Waals surface area contributed by atoms with E-state index in [0.717, 1.165) is 3.90 Å². The largest absolute Gasteiger partial charge is 0 e. The van der Waals surface area contributed by atoms with Crippen LogP contribution in [0, 0.1) is 0 Å². The van der Waals surface area contributed by atoms with E-state index in [1.165, 1.54) is 0 Å². The molecule has 0 aliphatic rings. The molecule has 0 aromatic heterocycles. The first kappa shape index (κ1) is 20.5. The molecule has 0 unspecified atom stereocenters. The molecule has 0 N–H and O–H groups in total. The fraction of sp³-hybridized carbons (Fsp3) is 1.00. The van der Waals surface area contributed by atoms with Gasteiger partial charge in [0.15, 0.2) is 0 Å². The van der Waals surface area contributed by atoms with Crippen LogP contribution in [-0.2, 0) is 17.1 Å². The quantitative estimate of drug-likeness (QED) is 0.348. The topological polar surface area (TPSA) is 3.24 Å². The minimum absolute atomic E-state index is 0. The first-order valence-corrected chi connectivity index (χ1v) is 34.5. The summed E-state index contributed by atoms with van der Waals surface area (Å²) in [4.78, 5) is 20.4. The van der Waals surface area contributed by atoms with Crippen molar-refractivity contribution in [1.29, 1.82) is 0 Å². The molecule has 15 heavy (non-hydrogen) atoms. The van der Waals surface area contributed by atoms with Crippen LogP contribution in [0.3, 0.4) is 0 Å². The van der Waals surface area contributed by atoms with Gasteiger partial charge in [0.05, 0.1) is 0 Å². The third-order valence-electron chi connectivity index (χ3n) is 2.27. The molecule has 0 atom stereocenters. The van der Waals surface area contributed by atoms with Gasteiger partial charge in [-0.15, -0.1) is 0 Å². The summed E-state index contributed by atoms with van der Waals surface area (Å²) in [7, 11) is 0. The molecule has 0 saturated carbocycles. The predicted octanol–water partition coefficient (Wildman–Crippen LogP) is 3.94. The van der Waals surface area contributed by atoms with Crippen molar-refractivity contribution < 1.29 is 17.1 Å². The summed E-state index contributed by atoms with van der Waals surface area (Å²) < 4.78 is 4.09. The van der Waals surface area contributed by atoms with Crippen LogP contribution in [0.25, 0.3) is 0 Å². The molecule has 97 valence electrons. The zero-order valence-corrected chi connectivity index (χ0v) is 21.6. The second-order valence-corrected chi connectivity index (χ2v) is 59.1. The van der Waals surface area contributed by atoms with Crippen LogP contribution in [0.1, 0.15) is 0 Å². The minimum Gasteiger partial charge on any atom is 0 e. The van der Waals surface area contributed by atoms with Crippen LogP contribution >= 0.6 is 11.6 Å². The smallest absolute Gasteiger partial charge is 0 e. The Morgan fingerprint density at radius 3 is 1.13 bits per heavy atom. The Kier molecular flexibility index (Phi) is 9.67. The van der Waals surface area contributed by atoms with Crippen LogP contribution in [0.2, 0.25) is 39.5 Å². The molecule has 0 heterocycles. The SMILES string of the molecule is [CH3][Sn]([CH3])([CH3])[N]([Sn]([CH3])([CH3])[CH3])[Sn]([CH3])([CH3])[CH2]Cl.[Cu]. The molecular formula is C9H26ClCuNSn3. The fourth-order valence-corrected chi connectivity index (χ4v) is 135. The number of nitrogens with zero attached hydrogens (tertiary/aromatic N) is 1. The van der Waals surface area contributed by atoms with E-state index in [1.54, 1.807) is 0 Å². The van der Waals surface area contributed by atoms with Crippen LogP contribution in [0.5, 0.6) is 0 Å². The molecule has 0 saturated heterocycles. The summed E-state index contributed by atoms with van der Waals surface area (Å²) in [6, 6.07) is 0. The van der Waals surface area contributed by atoms with Crippen molar-refractivity contribution in [3.63, 3.8) is 0 Å². The summed E-state index contributed by atoms with van der Waals surface area (Å²) in [6.45, 7) is 0. The Hall–Kier alpha value is 3.17. The van der Waals surface area contributed by atoms with Gasteiger partial charge in [0, 0.05) is 17.1 Å². The van der Waals surface area contributed by atoms with Crippen molar-refractivity contribution in [2.75, 3.05) is 3.90 Å². The van der Waals surface area contributed by atoms with E-state index in [0.29, 0.717) is 0 Å². The second-order valence-electron chi connectivity index (χ2n) is 6.62. The van der Waals surface area contributed by atoms with Crippen LogP contribution < -0.4 is 0 Å². The zero-order chi connectivity index (χ0) is 11.8. The third kappa shape index (κ3) is 6.76. The maximum Gasteiger partial charge on any atom is 0 e. The molecule has 0 amide bonds. The van der Waals surface area contributed by atoms with E-state index in [-0.39, 0.29) is 17.1 Å². The van der Waals surface area contributed by atoms with E-state index in [4.69, 9.17) is 11.6 Å². The van der Waals surface area contributed by atoms with Gasteiger partial charge in [-0.2, -0.15) is 0 Å². The Balaban J connectivity index is 0. The molecule has 1 nitrogen and oxygen atoms in total. The van der Waals surface area contributed by atoms with Gasteiger partial charge in [0.2, 0.25) is 0 Å². The first-order valence-electron chi connectivity index (χ1n) is 5.29. The molecule has 0 bridgehead atoms. The Bertz CT molecular complexity index is 185. The number of hydrogen-bond donors (Lipinski definition) is 0. The average Bonchev–Trinajstić information content (AvgIpc) is 1.79. The normalized spacial score (nSPS) is 14.0. The molecule has 1 radical (unpaired) electrons. The van der Waals surface area contributed by atoms with E-state index in [9.17, 15) is 0 Å². The van der Waals surface area contributed by atoms with E-state index in [1.807, 2.05) is 0 Å². The van der Waals surface area contributed by atoms with Crippen LogP contribution in [0.4, 0.5) is 0 Å². The second kappa shape index (κ2) is 7.08. The van der Waals surface area contributed by atoms with Gasteiger partial charge in [0.25, 0.3) is 0 Å². The third-order valence-corrected chi connectivity index (χ3v) is 94.2. The monoisotopic (exact) mass is 606 g/mol. The molecule has 6 heteroatoms. The van der Waals surface area contributed by atoms with E-state index < -0.39 is 56.0 Å². The van der Waals surface area contributed by atoms with Crippen molar-refractivity contribution in [1.82, 2.24) is -0.435 Å². The van der Waals surface area contributed by atoms with Gasteiger partial charge in [-0.1, -0.05) is 0 Å². The maximum atomic E-state index is 6.22. The maximum absolute atomic E-state index is 6.22.